The summed E-state index contributed by atoms with van der Waals surface area (Å²) in [5.74, 6) is -0.760. The number of carbonyl (C=O) groups is 3. The van der Waals surface area contributed by atoms with Crippen LogP contribution in [0.3, 0.4) is 0 Å². The van der Waals surface area contributed by atoms with Crippen LogP contribution in [0.1, 0.15) is 19.8 Å². The van der Waals surface area contributed by atoms with Crippen LogP contribution in [0.2, 0.25) is 0 Å². The molecule has 2 unspecified atom stereocenters. The molecule has 3 rings (SSSR count). The molecule has 0 radical (unpaired) electrons. The molecule has 8 nitrogen and oxygen atoms in total. The molecule has 27 heavy (non-hydrogen) atoms. The van der Waals surface area contributed by atoms with Crippen molar-refractivity contribution in [3.63, 3.8) is 0 Å². The van der Waals surface area contributed by atoms with Gasteiger partial charge in [0.15, 0.2) is 11.5 Å². The molecule has 8 heteroatoms. The number of para-hydroxylation sites is 2. The molecule has 2 aliphatic heterocycles. The summed E-state index contributed by atoms with van der Waals surface area (Å²) in [5, 5.41) is 2.60. The van der Waals surface area contributed by atoms with Gasteiger partial charge in [-0.3, -0.25) is 14.4 Å². The molecule has 2 aliphatic rings. The zero-order valence-corrected chi connectivity index (χ0v) is 15.3. The Morgan fingerprint density at radius 1 is 1.26 bits per heavy atom. The third-order valence-corrected chi connectivity index (χ3v) is 4.58. The first kappa shape index (κ1) is 19.0. The fourth-order valence-corrected chi connectivity index (χ4v) is 3.20. The van der Waals surface area contributed by atoms with E-state index in [1.165, 1.54) is 4.90 Å². The Kier molecular flexibility index (Phi) is 6.16. The lowest BCUT2D eigenvalue weighted by Gasteiger charge is -2.31. The van der Waals surface area contributed by atoms with E-state index in [4.69, 9.17) is 14.2 Å². The van der Waals surface area contributed by atoms with Crippen LogP contribution in [0.25, 0.3) is 0 Å². The first-order valence-electron chi connectivity index (χ1n) is 9.20. The SMILES string of the molecule is CCOC(=O)C1CCCN(C(=O)C(=O)NCC2COc3ccccc3O2)C1. The quantitative estimate of drug-likeness (QED) is 0.615. The maximum Gasteiger partial charge on any atom is 0.311 e. The molecular formula is C19H24N2O6. The number of amides is 2. The highest BCUT2D eigenvalue weighted by atomic mass is 16.6. The molecule has 2 atom stereocenters. The van der Waals surface area contributed by atoms with Gasteiger partial charge in [0, 0.05) is 13.1 Å². The molecule has 1 N–H and O–H groups in total. The predicted octanol–water partition coefficient (Wildman–Crippen LogP) is 0.744. The van der Waals surface area contributed by atoms with E-state index in [0.717, 1.165) is 0 Å². The highest BCUT2D eigenvalue weighted by Crippen LogP contribution is 2.30. The van der Waals surface area contributed by atoms with Crippen LogP contribution in [-0.2, 0) is 19.1 Å². The summed E-state index contributed by atoms with van der Waals surface area (Å²) >= 11 is 0. The van der Waals surface area contributed by atoms with Crippen LogP contribution in [-0.4, -0.2) is 61.6 Å². The summed E-state index contributed by atoms with van der Waals surface area (Å²) in [5.41, 5.74) is 0. The number of hydrogen-bond acceptors (Lipinski definition) is 6. The minimum absolute atomic E-state index is 0.161. The van der Waals surface area contributed by atoms with Crippen molar-refractivity contribution in [2.24, 2.45) is 5.92 Å². The number of benzene rings is 1. The van der Waals surface area contributed by atoms with Crippen LogP contribution < -0.4 is 14.8 Å². The van der Waals surface area contributed by atoms with Gasteiger partial charge in [0.2, 0.25) is 0 Å². The van der Waals surface area contributed by atoms with Crippen molar-refractivity contribution in [3.05, 3.63) is 24.3 Å². The summed E-state index contributed by atoms with van der Waals surface area (Å²) in [7, 11) is 0. The minimum Gasteiger partial charge on any atom is -0.486 e. The van der Waals surface area contributed by atoms with E-state index < -0.39 is 11.8 Å². The first-order valence-corrected chi connectivity index (χ1v) is 9.20. The van der Waals surface area contributed by atoms with Gasteiger partial charge in [0.05, 0.1) is 19.1 Å². The van der Waals surface area contributed by atoms with E-state index in [9.17, 15) is 14.4 Å². The number of ether oxygens (including phenoxy) is 3. The van der Waals surface area contributed by atoms with Crippen molar-refractivity contribution >= 4 is 17.8 Å². The standard InChI is InChI=1S/C19H24N2O6/c1-2-25-19(24)13-6-5-9-21(11-13)18(23)17(22)20-10-14-12-26-15-7-3-4-8-16(15)27-14/h3-4,7-8,13-14H,2,5-6,9-12H2,1H3,(H,20,22). The van der Waals surface area contributed by atoms with Crippen molar-refractivity contribution in [3.8, 4) is 11.5 Å². The highest BCUT2D eigenvalue weighted by molar-refractivity contribution is 6.35. The van der Waals surface area contributed by atoms with E-state index in [1.807, 2.05) is 18.2 Å². The number of likely N-dealkylation sites (tertiary alicyclic amines) is 1. The molecule has 0 saturated carbocycles. The summed E-state index contributed by atoms with van der Waals surface area (Å²) in [6, 6.07) is 7.29. The highest BCUT2D eigenvalue weighted by Gasteiger charge is 2.32. The van der Waals surface area contributed by atoms with E-state index in [1.54, 1.807) is 13.0 Å². The number of rotatable bonds is 4. The topological polar surface area (TPSA) is 94.2 Å². The smallest absolute Gasteiger partial charge is 0.311 e. The Bertz CT molecular complexity index is 707. The minimum atomic E-state index is -0.707. The average Bonchev–Trinajstić information content (AvgIpc) is 2.71. The van der Waals surface area contributed by atoms with E-state index in [0.29, 0.717) is 44.1 Å². The van der Waals surface area contributed by atoms with Crippen molar-refractivity contribution in [2.45, 2.75) is 25.9 Å². The molecule has 2 heterocycles. The normalized spacial score (nSPS) is 21.3. The maximum atomic E-state index is 12.4. The molecular weight excluding hydrogens is 352 g/mol. The van der Waals surface area contributed by atoms with Crippen molar-refractivity contribution in [2.75, 3.05) is 32.8 Å². The van der Waals surface area contributed by atoms with Gasteiger partial charge in [0.1, 0.15) is 12.7 Å². The van der Waals surface area contributed by atoms with Crippen LogP contribution in [0.4, 0.5) is 0 Å². The molecule has 146 valence electrons. The molecule has 0 aromatic heterocycles. The second-order valence-corrected chi connectivity index (χ2v) is 6.55. The van der Waals surface area contributed by atoms with E-state index in [2.05, 4.69) is 5.32 Å². The van der Waals surface area contributed by atoms with Crippen LogP contribution in [0.5, 0.6) is 11.5 Å². The fraction of sp³-hybridized carbons (Fsp3) is 0.526. The number of nitrogens with zero attached hydrogens (tertiary/aromatic N) is 1. The van der Waals surface area contributed by atoms with Gasteiger partial charge in [-0.05, 0) is 31.9 Å². The lowest BCUT2D eigenvalue weighted by molar-refractivity contribution is -0.154. The molecule has 0 bridgehead atoms. The Morgan fingerprint density at radius 2 is 2.04 bits per heavy atom. The van der Waals surface area contributed by atoms with Gasteiger partial charge in [-0.15, -0.1) is 0 Å². The molecule has 2 amide bonds. The van der Waals surface area contributed by atoms with E-state index >= 15 is 0 Å². The zero-order valence-electron chi connectivity index (χ0n) is 15.3. The van der Waals surface area contributed by atoms with E-state index in [-0.39, 0.29) is 31.1 Å². The summed E-state index contributed by atoms with van der Waals surface area (Å²) in [6.45, 7) is 3.16. The Morgan fingerprint density at radius 3 is 2.81 bits per heavy atom. The zero-order chi connectivity index (χ0) is 19.2. The summed E-state index contributed by atoms with van der Waals surface area (Å²) in [4.78, 5) is 37.9. The third-order valence-electron chi connectivity index (χ3n) is 4.58. The van der Waals surface area contributed by atoms with Gasteiger partial charge in [-0.2, -0.15) is 0 Å². The monoisotopic (exact) mass is 376 g/mol. The lowest BCUT2D eigenvalue weighted by Crippen LogP contribution is -2.50. The summed E-state index contributed by atoms with van der Waals surface area (Å²) < 4.78 is 16.4. The Balaban J connectivity index is 1.48. The number of carbonyl (C=O) groups excluding carboxylic acids is 3. The number of piperidine rings is 1. The Hall–Kier alpha value is -2.77. The van der Waals surface area contributed by atoms with Gasteiger partial charge in [0.25, 0.3) is 0 Å². The molecule has 0 spiro atoms. The predicted molar refractivity (Wildman–Crippen MR) is 95.3 cm³/mol. The van der Waals surface area contributed by atoms with Crippen molar-refractivity contribution in [1.29, 1.82) is 0 Å². The molecule has 1 fully saturated rings. The fourth-order valence-electron chi connectivity index (χ4n) is 3.20. The summed E-state index contributed by atoms with van der Waals surface area (Å²) in [6.07, 6.45) is 0.959. The molecule has 1 aromatic rings. The average molecular weight is 376 g/mol. The molecule has 0 aliphatic carbocycles. The second-order valence-electron chi connectivity index (χ2n) is 6.55. The van der Waals surface area contributed by atoms with Crippen molar-refractivity contribution < 1.29 is 28.6 Å². The van der Waals surface area contributed by atoms with Gasteiger partial charge in [-0.1, -0.05) is 12.1 Å². The Labute approximate surface area is 157 Å². The lowest BCUT2D eigenvalue weighted by atomic mass is 9.98. The van der Waals surface area contributed by atoms with Gasteiger partial charge >= 0.3 is 17.8 Å². The van der Waals surface area contributed by atoms with Crippen LogP contribution >= 0.6 is 0 Å². The largest absolute Gasteiger partial charge is 0.486 e. The number of fused-ring (bicyclic) bond motifs is 1. The first-order chi connectivity index (χ1) is 13.1. The van der Waals surface area contributed by atoms with Crippen LogP contribution in [0.15, 0.2) is 24.3 Å². The maximum absolute atomic E-state index is 12.4. The number of esters is 1. The third kappa shape index (κ3) is 4.69. The number of nitrogens with one attached hydrogen (secondary N) is 1. The van der Waals surface area contributed by atoms with Gasteiger partial charge < -0.3 is 24.4 Å². The van der Waals surface area contributed by atoms with Crippen molar-refractivity contribution in [1.82, 2.24) is 10.2 Å². The molecule has 1 aromatic carbocycles. The second kappa shape index (κ2) is 8.75. The molecule has 1 saturated heterocycles. The van der Waals surface area contributed by atoms with Gasteiger partial charge in [-0.25, -0.2) is 0 Å². The number of hydrogen-bond donors (Lipinski definition) is 1. The van der Waals surface area contributed by atoms with Crippen LogP contribution in [0, 0.1) is 5.92 Å².